The first kappa shape index (κ1) is 18.6. The molecule has 1 aliphatic rings. The lowest BCUT2D eigenvalue weighted by Crippen LogP contribution is -2.34. The molecule has 0 unspecified atom stereocenters. The number of urea groups is 1. The third-order valence-corrected chi connectivity index (χ3v) is 3.55. The molecule has 2 aromatic rings. The van der Waals surface area contributed by atoms with E-state index in [1.165, 1.54) is 12.3 Å². The molecule has 27 heavy (non-hydrogen) atoms. The van der Waals surface area contributed by atoms with Crippen molar-refractivity contribution in [1.82, 2.24) is 15.6 Å². The zero-order valence-corrected chi connectivity index (χ0v) is 14.0. The Morgan fingerprint density at radius 1 is 1.15 bits per heavy atom. The SMILES string of the molecule is O=C(NCc1ccc2c(c1)OCO2)NCc1cccnc1OCC(F)(F)F. The van der Waals surface area contributed by atoms with Gasteiger partial charge in [0.2, 0.25) is 12.7 Å². The van der Waals surface area contributed by atoms with Gasteiger partial charge in [0.1, 0.15) is 0 Å². The summed E-state index contributed by atoms with van der Waals surface area (Å²) < 4.78 is 52.0. The van der Waals surface area contributed by atoms with Gasteiger partial charge < -0.3 is 24.8 Å². The number of carbonyl (C=O) groups is 1. The molecule has 0 saturated heterocycles. The van der Waals surface area contributed by atoms with Crippen LogP contribution in [-0.2, 0) is 13.1 Å². The number of pyridine rings is 1. The van der Waals surface area contributed by atoms with Gasteiger partial charge >= 0.3 is 12.2 Å². The summed E-state index contributed by atoms with van der Waals surface area (Å²) >= 11 is 0. The van der Waals surface area contributed by atoms with E-state index in [2.05, 4.69) is 20.4 Å². The summed E-state index contributed by atoms with van der Waals surface area (Å²) in [6, 6.07) is 7.87. The summed E-state index contributed by atoms with van der Waals surface area (Å²) in [5, 5.41) is 5.20. The van der Waals surface area contributed by atoms with Crippen molar-refractivity contribution < 1.29 is 32.2 Å². The van der Waals surface area contributed by atoms with E-state index in [4.69, 9.17) is 9.47 Å². The summed E-state index contributed by atoms with van der Waals surface area (Å²) in [5.74, 6) is 1.08. The topological polar surface area (TPSA) is 81.7 Å². The second-order valence-corrected chi connectivity index (χ2v) is 5.60. The van der Waals surface area contributed by atoms with Crippen LogP contribution < -0.4 is 24.8 Å². The van der Waals surface area contributed by atoms with Gasteiger partial charge in [-0.1, -0.05) is 12.1 Å². The molecule has 2 heterocycles. The van der Waals surface area contributed by atoms with Gasteiger partial charge in [-0.25, -0.2) is 9.78 Å². The third kappa shape index (κ3) is 5.40. The Kier molecular flexibility index (Phi) is 5.53. The van der Waals surface area contributed by atoms with Crippen LogP contribution in [0, 0.1) is 0 Å². The molecule has 0 saturated carbocycles. The van der Waals surface area contributed by atoms with Crippen LogP contribution in [0.1, 0.15) is 11.1 Å². The average molecular weight is 383 g/mol. The molecule has 0 fully saturated rings. The molecule has 3 rings (SSSR count). The van der Waals surface area contributed by atoms with Crippen LogP contribution in [0.25, 0.3) is 0 Å². The molecule has 144 valence electrons. The predicted octanol–water partition coefficient (Wildman–Crippen LogP) is 2.75. The maximum atomic E-state index is 12.3. The molecule has 0 spiro atoms. The second-order valence-electron chi connectivity index (χ2n) is 5.60. The summed E-state index contributed by atoms with van der Waals surface area (Å²) in [4.78, 5) is 15.7. The average Bonchev–Trinajstić information content (AvgIpc) is 3.10. The molecular formula is C17H16F3N3O4. The largest absolute Gasteiger partial charge is 0.468 e. The number of rotatable bonds is 6. The number of halogens is 3. The highest BCUT2D eigenvalue weighted by Gasteiger charge is 2.29. The minimum absolute atomic E-state index is 0.0337. The van der Waals surface area contributed by atoms with Gasteiger partial charge in [0.25, 0.3) is 0 Å². The monoisotopic (exact) mass is 383 g/mol. The summed E-state index contributed by atoms with van der Waals surface area (Å²) in [6.45, 7) is -1.08. The first-order valence-electron chi connectivity index (χ1n) is 7.94. The fraction of sp³-hybridized carbons (Fsp3) is 0.294. The van der Waals surface area contributed by atoms with Crippen molar-refractivity contribution in [2.24, 2.45) is 0 Å². The Morgan fingerprint density at radius 2 is 1.93 bits per heavy atom. The molecule has 1 aliphatic heterocycles. The lowest BCUT2D eigenvalue weighted by molar-refractivity contribution is -0.154. The van der Waals surface area contributed by atoms with Crippen molar-refractivity contribution in [2.75, 3.05) is 13.4 Å². The van der Waals surface area contributed by atoms with E-state index in [0.29, 0.717) is 17.1 Å². The number of ether oxygens (including phenoxy) is 3. The number of hydrogen-bond donors (Lipinski definition) is 2. The molecular weight excluding hydrogens is 367 g/mol. The fourth-order valence-electron chi connectivity index (χ4n) is 2.31. The van der Waals surface area contributed by atoms with E-state index in [-0.39, 0.29) is 25.8 Å². The molecule has 10 heteroatoms. The second kappa shape index (κ2) is 8.02. The van der Waals surface area contributed by atoms with Gasteiger partial charge in [-0.15, -0.1) is 0 Å². The fourth-order valence-corrected chi connectivity index (χ4v) is 2.31. The molecule has 2 amide bonds. The molecule has 0 bridgehead atoms. The smallest absolute Gasteiger partial charge is 0.422 e. The zero-order valence-electron chi connectivity index (χ0n) is 14.0. The van der Waals surface area contributed by atoms with Crippen LogP contribution in [0.4, 0.5) is 18.0 Å². The number of alkyl halides is 3. The lowest BCUT2D eigenvalue weighted by Gasteiger charge is -2.13. The normalized spacial score (nSPS) is 12.6. The number of fused-ring (bicyclic) bond motifs is 1. The van der Waals surface area contributed by atoms with E-state index >= 15 is 0 Å². The van der Waals surface area contributed by atoms with Crippen LogP contribution in [0.15, 0.2) is 36.5 Å². The van der Waals surface area contributed by atoms with Gasteiger partial charge in [0.05, 0.1) is 0 Å². The first-order chi connectivity index (χ1) is 12.9. The van der Waals surface area contributed by atoms with Gasteiger partial charge in [-0.05, 0) is 23.8 Å². The Balaban J connectivity index is 1.49. The van der Waals surface area contributed by atoms with E-state index < -0.39 is 18.8 Å². The summed E-state index contributed by atoms with van der Waals surface area (Å²) in [7, 11) is 0. The van der Waals surface area contributed by atoms with E-state index in [1.54, 1.807) is 24.3 Å². The molecule has 2 N–H and O–H groups in total. The van der Waals surface area contributed by atoms with Gasteiger partial charge in [-0.2, -0.15) is 13.2 Å². The van der Waals surface area contributed by atoms with Crippen molar-refractivity contribution in [3.63, 3.8) is 0 Å². The predicted molar refractivity (Wildman–Crippen MR) is 87.4 cm³/mol. The molecule has 1 aromatic carbocycles. The number of carbonyl (C=O) groups excluding carboxylic acids is 1. The van der Waals surface area contributed by atoms with E-state index in [9.17, 15) is 18.0 Å². The van der Waals surface area contributed by atoms with Crippen LogP contribution >= 0.6 is 0 Å². The van der Waals surface area contributed by atoms with Crippen molar-refractivity contribution in [3.05, 3.63) is 47.7 Å². The third-order valence-electron chi connectivity index (χ3n) is 3.55. The van der Waals surface area contributed by atoms with E-state index in [1.807, 2.05) is 0 Å². The Bertz CT molecular complexity index is 814. The van der Waals surface area contributed by atoms with Crippen LogP contribution in [0.3, 0.4) is 0 Å². The maximum absolute atomic E-state index is 12.3. The standard InChI is InChI=1S/C17H16F3N3O4/c18-17(19,20)9-25-15-12(2-1-5-21-15)8-23-16(24)22-7-11-3-4-13-14(6-11)27-10-26-13/h1-6H,7-10H2,(H2,22,23,24). The first-order valence-corrected chi connectivity index (χ1v) is 7.94. The zero-order chi connectivity index (χ0) is 19.3. The number of amides is 2. The molecule has 1 aromatic heterocycles. The number of nitrogens with zero attached hydrogens (tertiary/aromatic N) is 1. The number of hydrogen-bond acceptors (Lipinski definition) is 5. The molecule has 7 nitrogen and oxygen atoms in total. The quantitative estimate of drug-likeness (QED) is 0.802. The van der Waals surface area contributed by atoms with Crippen molar-refractivity contribution in [1.29, 1.82) is 0 Å². The van der Waals surface area contributed by atoms with Gasteiger partial charge in [0, 0.05) is 24.8 Å². The maximum Gasteiger partial charge on any atom is 0.422 e. The Hall–Kier alpha value is -3.17. The summed E-state index contributed by atoms with van der Waals surface area (Å²) in [6.07, 6.45) is -3.15. The Morgan fingerprint density at radius 3 is 2.74 bits per heavy atom. The molecule has 0 radical (unpaired) electrons. The summed E-state index contributed by atoms with van der Waals surface area (Å²) in [5.41, 5.74) is 1.14. The van der Waals surface area contributed by atoms with Crippen LogP contribution in [-0.4, -0.2) is 30.6 Å². The minimum Gasteiger partial charge on any atom is -0.468 e. The van der Waals surface area contributed by atoms with Crippen LogP contribution in [0.2, 0.25) is 0 Å². The number of benzene rings is 1. The van der Waals surface area contributed by atoms with Crippen molar-refractivity contribution in [3.8, 4) is 17.4 Å². The molecule has 0 aliphatic carbocycles. The highest BCUT2D eigenvalue weighted by Crippen LogP contribution is 2.32. The highest BCUT2D eigenvalue weighted by atomic mass is 19.4. The highest BCUT2D eigenvalue weighted by molar-refractivity contribution is 5.73. The minimum atomic E-state index is -4.47. The lowest BCUT2D eigenvalue weighted by atomic mass is 10.2. The Labute approximate surface area is 152 Å². The van der Waals surface area contributed by atoms with Gasteiger partial charge in [-0.3, -0.25) is 0 Å². The molecule has 0 atom stereocenters. The van der Waals surface area contributed by atoms with E-state index in [0.717, 1.165) is 5.56 Å². The number of aromatic nitrogens is 1. The van der Waals surface area contributed by atoms with Gasteiger partial charge in [0.15, 0.2) is 18.1 Å². The van der Waals surface area contributed by atoms with Crippen LogP contribution in [0.5, 0.6) is 17.4 Å². The number of nitrogens with one attached hydrogen (secondary N) is 2. The van der Waals surface area contributed by atoms with Crippen molar-refractivity contribution in [2.45, 2.75) is 19.3 Å². The van der Waals surface area contributed by atoms with Crippen molar-refractivity contribution >= 4 is 6.03 Å².